The average molecular weight is 408 g/mol. The van der Waals surface area contributed by atoms with E-state index in [1.165, 1.54) is 24.3 Å². The lowest BCUT2D eigenvalue weighted by molar-refractivity contribution is 0.0524. The van der Waals surface area contributed by atoms with Crippen molar-refractivity contribution < 1.29 is 22.7 Å². The Hall–Kier alpha value is -1.96. The Morgan fingerprint density at radius 1 is 1.18 bits per heavy atom. The summed E-state index contributed by atoms with van der Waals surface area (Å²) >= 11 is 0. The van der Waals surface area contributed by atoms with E-state index < -0.39 is 15.9 Å². The Balaban J connectivity index is 1.63. The monoisotopic (exact) mass is 407 g/mol. The molecule has 0 radical (unpaired) electrons. The molecule has 2 aromatic rings. The molecule has 2 atom stereocenters. The van der Waals surface area contributed by atoms with Gasteiger partial charge >= 0.3 is 0 Å². The van der Waals surface area contributed by atoms with E-state index in [0.29, 0.717) is 25.3 Å². The Morgan fingerprint density at radius 2 is 1.86 bits per heavy atom. The second-order valence-electron chi connectivity index (χ2n) is 7.39. The molecular formula is C21H26FNO4S. The minimum absolute atomic E-state index is 0.0511. The first-order chi connectivity index (χ1) is 13.3. The van der Waals surface area contributed by atoms with Crippen LogP contribution in [-0.4, -0.2) is 55.2 Å². The molecule has 1 heterocycles. The van der Waals surface area contributed by atoms with Gasteiger partial charge in [-0.05, 0) is 43.2 Å². The lowest BCUT2D eigenvalue weighted by Crippen LogP contribution is -2.42. The summed E-state index contributed by atoms with van der Waals surface area (Å²) in [7, 11) is -3.02. The van der Waals surface area contributed by atoms with Gasteiger partial charge in [-0.15, -0.1) is 0 Å². The summed E-state index contributed by atoms with van der Waals surface area (Å²) in [6.07, 6.45) is -0.224. The van der Waals surface area contributed by atoms with Crippen LogP contribution < -0.4 is 4.74 Å². The third kappa shape index (κ3) is 6.02. The highest BCUT2D eigenvalue weighted by Gasteiger charge is 2.33. The number of hydrogen-bond donors (Lipinski definition) is 1. The maximum absolute atomic E-state index is 13.0. The molecule has 1 N–H and O–H groups in total. The average Bonchev–Trinajstić information content (AvgIpc) is 3.02. The van der Waals surface area contributed by atoms with E-state index in [2.05, 4.69) is 0 Å². The summed E-state index contributed by atoms with van der Waals surface area (Å²) in [5, 5.41) is 10.5. The van der Waals surface area contributed by atoms with Crippen molar-refractivity contribution in [2.45, 2.75) is 32.0 Å². The van der Waals surface area contributed by atoms with Crippen molar-refractivity contribution >= 4 is 9.84 Å². The summed E-state index contributed by atoms with van der Waals surface area (Å²) in [6.45, 7) is 2.93. The Bertz CT molecular complexity index is 868. The largest absolute Gasteiger partial charge is 0.491 e. The van der Waals surface area contributed by atoms with Crippen LogP contribution in [0, 0.1) is 12.7 Å². The minimum atomic E-state index is -3.02. The van der Waals surface area contributed by atoms with Gasteiger partial charge in [0.2, 0.25) is 0 Å². The first kappa shape index (κ1) is 20.8. The van der Waals surface area contributed by atoms with Gasteiger partial charge in [-0.2, -0.15) is 0 Å². The maximum atomic E-state index is 13.0. The van der Waals surface area contributed by atoms with E-state index in [9.17, 15) is 17.9 Å². The minimum Gasteiger partial charge on any atom is -0.491 e. The lowest BCUT2D eigenvalue weighted by atomic mass is 10.1. The van der Waals surface area contributed by atoms with Crippen LogP contribution in [0.15, 0.2) is 48.5 Å². The van der Waals surface area contributed by atoms with Gasteiger partial charge in [-0.3, -0.25) is 4.90 Å². The van der Waals surface area contributed by atoms with Gasteiger partial charge in [0, 0.05) is 19.1 Å². The van der Waals surface area contributed by atoms with Gasteiger partial charge in [0.15, 0.2) is 9.84 Å². The standard InChI is InChI=1S/C21H26FNO4S/c1-16-2-4-17(5-3-16)12-23(19-10-11-28(25,26)15-19)13-20(24)14-27-21-8-6-18(22)7-9-21/h2-9,19-20,24H,10-15H2,1H3. The van der Waals surface area contributed by atoms with Crippen molar-refractivity contribution in [3.8, 4) is 5.75 Å². The molecule has 0 bridgehead atoms. The van der Waals surface area contributed by atoms with Crippen LogP contribution in [0.3, 0.4) is 0 Å². The normalized spacial score (nSPS) is 19.6. The Morgan fingerprint density at radius 3 is 2.46 bits per heavy atom. The summed E-state index contributed by atoms with van der Waals surface area (Å²) in [5.41, 5.74) is 2.23. The quantitative estimate of drug-likeness (QED) is 0.729. The third-order valence-electron chi connectivity index (χ3n) is 4.93. The van der Waals surface area contributed by atoms with Crippen LogP contribution in [0.1, 0.15) is 17.5 Å². The highest BCUT2D eigenvalue weighted by Crippen LogP contribution is 2.21. The molecule has 152 valence electrons. The molecule has 28 heavy (non-hydrogen) atoms. The van der Waals surface area contributed by atoms with E-state index in [1.54, 1.807) is 0 Å². The molecule has 5 nitrogen and oxygen atoms in total. The maximum Gasteiger partial charge on any atom is 0.151 e. The van der Waals surface area contributed by atoms with Gasteiger partial charge in [0.05, 0.1) is 11.5 Å². The fourth-order valence-electron chi connectivity index (χ4n) is 3.38. The van der Waals surface area contributed by atoms with Crippen LogP contribution in [0.4, 0.5) is 4.39 Å². The van der Waals surface area contributed by atoms with E-state index in [1.807, 2.05) is 36.1 Å². The molecule has 3 rings (SSSR count). The number of sulfone groups is 1. The molecule has 7 heteroatoms. The molecule has 0 saturated carbocycles. The van der Waals surface area contributed by atoms with Crippen LogP contribution in [-0.2, 0) is 16.4 Å². The van der Waals surface area contributed by atoms with Crippen molar-refractivity contribution in [3.05, 3.63) is 65.5 Å². The molecule has 0 aromatic heterocycles. The molecular weight excluding hydrogens is 381 g/mol. The molecule has 1 fully saturated rings. The van der Waals surface area contributed by atoms with Gasteiger partial charge in [-0.25, -0.2) is 12.8 Å². The summed E-state index contributed by atoms with van der Waals surface area (Å²) in [4.78, 5) is 2.02. The highest BCUT2D eigenvalue weighted by atomic mass is 32.2. The number of aliphatic hydroxyl groups excluding tert-OH is 1. The number of aryl methyl sites for hydroxylation is 1. The summed E-state index contributed by atoms with van der Waals surface area (Å²) in [6, 6.07) is 13.6. The molecule has 1 aliphatic rings. The smallest absolute Gasteiger partial charge is 0.151 e. The highest BCUT2D eigenvalue weighted by molar-refractivity contribution is 7.91. The molecule has 0 aliphatic carbocycles. The van der Waals surface area contributed by atoms with Gasteiger partial charge < -0.3 is 9.84 Å². The second kappa shape index (κ2) is 9.03. The van der Waals surface area contributed by atoms with Crippen LogP contribution in [0.25, 0.3) is 0 Å². The van der Waals surface area contributed by atoms with Gasteiger partial charge in [0.25, 0.3) is 0 Å². The number of hydrogen-bond acceptors (Lipinski definition) is 5. The number of benzene rings is 2. The first-order valence-corrected chi connectivity index (χ1v) is 11.2. The Kier molecular flexibility index (Phi) is 6.69. The molecule has 1 saturated heterocycles. The van der Waals surface area contributed by atoms with Crippen molar-refractivity contribution in [1.29, 1.82) is 0 Å². The van der Waals surface area contributed by atoms with Crippen molar-refractivity contribution in [2.75, 3.05) is 24.7 Å². The third-order valence-corrected chi connectivity index (χ3v) is 6.68. The van der Waals surface area contributed by atoms with E-state index in [0.717, 1.165) is 11.1 Å². The van der Waals surface area contributed by atoms with E-state index in [-0.39, 0.29) is 30.0 Å². The molecule has 1 aliphatic heterocycles. The van der Waals surface area contributed by atoms with Crippen LogP contribution in [0.2, 0.25) is 0 Å². The fourth-order valence-corrected chi connectivity index (χ4v) is 5.14. The number of ether oxygens (including phenoxy) is 1. The zero-order valence-corrected chi connectivity index (χ0v) is 16.7. The number of rotatable bonds is 8. The second-order valence-corrected chi connectivity index (χ2v) is 9.62. The molecule has 2 unspecified atom stereocenters. The Labute approximate surface area is 165 Å². The topological polar surface area (TPSA) is 66.8 Å². The predicted octanol–water partition coefficient (Wildman–Crippen LogP) is 2.56. The van der Waals surface area contributed by atoms with Gasteiger partial charge in [0.1, 0.15) is 24.3 Å². The zero-order valence-electron chi connectivity index (χ0n) is 15.9. The van der Waals surface area contributed by atoms with Crippen molar-refractivity contribution in [3.63, 3.8) is 0 Å². The number of halogens is 1. The van der Waals surface area contributed by atoms with E-state index in [4.69, 9.17) is 4.74 Å². The number of aliphatic hydroxyl groups is 1. The summed E-state index contributed by atoms with van der Waals surface area (Å²) < 4.78 is 42.3. The fraction of sp³-hybridized carbons (Fsp3) is 0.429. The van der Waals surface area contributed by atoms with Crippen LogP contribution in [0.5, 0.6) is 5.75 Å². The summed E-state index contributed by atoms with van der Waals surface area (Å²) in [5.74, 6) is 0.433. The molecule has 0 amide bonds. The predicted molar refractivity (Wildman–Crippen MR) is 107 cm³/mol. The van der Waals surface area contributed by atoms with Gasteiger partial charge in [-0.1, -0.05) is 29.8 Å². The van der Waals surface area contributed by atoms with Crippen LogP contribution >= 0.6 is 0 Å². The number of nitrogens with zero attached hydrogens (tertiary/aromatic N) is 1. The van der Waals surface area contributed by atoms with Crippen molar-refractivity contribution in [2.24, 2.45) is 0 Å². The van der Waals surface area contributed by atoms with Crippen molar-refractivity contribution in [1.82, 2.24) is 4.90 Å². The zero-order chi connectivity index (χ0) is 20.1. The SMILES string of the molecule is Cc1ccc(CN(CC(O)COc2ccc(F)cc2)C2CCS(=O)(=O)C2)cc1. The molecule has 2 aromatic carbocycles. The van der Waals surface area contributed by atoms with E-state index >= 15 is 0 Å². The first-order valence-electron chi connectivity index (χ1n) is 9.37. The lowest BCUT2D eigenvalue weighted by Gasteiger charge is -2.30. The molecule has 0 spiro atoms.